The van der Waals surface area contributed by atoms with Gasteiger partial charge in [0.15, 0.2) is 0 Å². The third-order valence-corrected chi connectivity index (χ3v) is 3.35. The van der Waals surface area contributed by atoms with Crippen LogP contribution in [-0.4, -0.2) is 0 Å². The van der Waals surface area contributed by atoms with Gasteiger partial charge in [-0.1, -0.05) is 44.6 Å². The molecule has 0 bridgehead atoms. The van der Waals surface area contributed by atoms with E-state index >= 15 is 0 Å². The highest BCUT2D eigenvalue weighted by atomic mass is 14.2. The lowest BCUT2D eigenvalue weighted by Crippen LogP contribution is -2.09. The van der Waals surface area contributed by atoms with Gasteiger partial charge in [-0.15, -0.1) is 0 Å². The van der Waals surface area contributed by atoms with E-state index in [9.17, 15) is 0 Å². The Hall–Kier alpha value is -0.520. The summed E-state index contributed by atoms with van der Waals surface area (Å²) >= 11 is 0. The summed E-state index contributed by atoms with van der Waals surface area (Å²) in [5, 5.41) is 0. The molecule has 0 radical (unpaired) electrons. The quantitative estimate of drug-likeness (QED) is 0.527. The molecule has 0 heteroatoms. The topological polar surface area (TPSA) is 0 Å². The minimum absolute atomic E-state index is 0.846. The van der Waals surface area contributed by atoms with Gasteiger partial charge in [0, 0.05) is 0 Å². The van der Waals surface area contributed by atoms with Crippen LogP contribution in [0.5, 0.6) is 0 Å². The van der Waals surface area contributed by atoms with Crippen LogP contribution < -0.4 is 0 Å². The van der Waals surface area contributed by atoms with E-state index in [0.29, 0.717) is 0 Å². The lowest BCUT2D eigenvalue weighted by Gasteiger charge is -2.19. The van der Waals surface area contributed by atoms with Crippen LogP contribution >= 0.6 is 0 Å². The molecule has 0 fully saturated rings. The van der Waals surface area contributed by atoms with E-state index in [-0.39, 0.29) is 0 Å². The van der Waals surface area contributed by atoms with Gasteiger partial charge in [-0.05, 0) is 43.9 Å². The van der Waals surface area contributed by atoms with Gasteiger partial charge in [0.05, 0.1) is 0 Å². The van der Waals surface area contributed by atoms with Gasteiger partial charge in [-0.3, -0.25) is 0 Å². The molecule has 1 rings (SSSR count). The molecule has 0 aromatic heterocycles. The van der Waals surface area contributed by atoms with Crippen molar-refractivity contribution in [1.82, 2.24) is 0 Å². The second-order valence-corrected chi connectivity index (χ2v) is 4.49. The number of hydrogen-bond donors (Lipinski definition) is 0. The van der Waals surface area contributed by atoms with Crippen LogP contribution in [0, 0.1) is 11.8 Å². The Morgan fingerprint density at radius 3 is 2.29 bits per heavy atom. The van der Waals surface area contributed by atoms with E-state index < -0.39 is 0 Å². The van der Waals surface area contributed by atoms with E-state index in [1.807, 2.05) is 0 Å². The van der Waals surface area contributed by atoms with Crippen LogP contribution in [0.1, 0.15) is 52.4 Å². The summed E-state index contributed by atoms with van der Waals surface area (Å²) in [5.74, 6) is 1.73. The lowest BCUT2D eigenvalue weighted by atomic mass is 9.86. The molecule has 0 aliphatic heterocycles. The second kappa shape index (κ2) is 6.86. The zero-order valence-electron chi connectivity index (χ0n) is 9.71. The van der Waals surface area contributed by atoms with Crippen LogP contribution in [0.2, 0.25) is 0 Å². The van der Waals surface area contributed by atoms with Gasteiger partial charge in [-0.2, -0.15) is 0 Å². The van der Waals surface area contributed by atoms with Crippen molar-refractivity contribution in [3.8, 4) is 0 Å². The monoisotopic (exact) mass is 192 g/mol. The molecule has 1 aliphatic rings. The highest BCUT2D eigenvalue weighted by Gasteiger charge is 2.12. The van der Waals surface area contributed by atoms with Gasteiger partial charge < -0.3 is 0 Å². The Balaban J connectivity index is 2.52. The van der Waals surface area contributed by atoms with Crippen molar-refractivity contribution in [2.75, 3.05) is 0 Å². The van der Waals surface area contributed by atoms with E-state index in [1.165, 1.54) is 38.5 Å². The fourth-order valence-electron chi connectivity index (χ4n) is 2.16. The number of allylic oxidation sites excluding steroid dienone is 4. The van der Waals surface area contributed by atoms with Gasteiger partial charge >= 0.3 is 0 Å². The smallest absolute Gasteiger partial charge is 0.0320 e. The minimum Gasteiger partial charge on any atom is -0.0885 e. The molecule has 0 spiro atoms. The molecule has 0 saturated heterocycles. The van der Waals surface area contributed by atoms with Crippen LogP contribution in [0.15, 0.2) is 24.3 Å². The predicted molar refractivity (Wildman–Crippen MR) is 64.3 cm³/mol. The average molecular weight is 192 g/mol. The summed E-state index contributed by atoms with van der Waals surface area (Å²) in [6.07, 6.45) is 17.2. The molecule has 2 atom stereocenters. The first-order chi connectivity index (χ1) is 6.84. The molecular formula is C14H24. The molecule has 0 amide bonds. The van der Waals surface area contributed by atoms with Gasteiger partial charge in [-0.25, -0.2) is 0 Å². The highest BCUT2D eigenvalue weighted by molar-refractivity contribution is 4.91. The molecular weight excluding hydrogens is 168 g/mol. The predicted octanol–water partition coefficient (Wildman–Crippen LogP) is 4.73. The van der Waals surface area contributed by atoms with Crippen LogP contribution in [-0.2, 0) is 0 Å². The van der Waals surface area contributed by atoms with Crippen molar-refractivity contribution in [3.05, 3.63) is 24.3 Å². The molecule has 0 heterocycles. The summed E-state index contributed by atoms with van der Waals surface area (Å²) in [4.78, 5) is 0. The molecule has 0 aromatic rings. The summed E-state index contributed by atoms with van der Waals surface area (Å²) in [7, 11) is 0. The number of rotatable bonds is 1. The maximum atomic E-state index is 2.40. The Morgan fingerprint density at radius 1 is 1.00 bits per heavy atom. The summed E-state index contributed by atoms with van der Waals surface area (Å²) in [5.41, 5.74) is 0. The third kappa shape index (κ3) is 4.13. The van der Waals surface area contributed by atoms with Crippen molar-refractivity contribution in [1.29, 1.82) is 0 Å². The molecule has 80 valence electrons. The third-order valence-electron chi connectivity index (χ3n) is 3.35. The Bertz CT molecular complexity index is 188. The van der Waals surface area contributed by atoms with Crippen LogP contribution in [0.25, 0.3) is 0 Å². The molecule has 1 aliphatic carbocycles. The largest absolute Gasteiger partial charge is 0.0885 e. The lowest BCUT2D eigenvalue weighted by molar-refractivity contribution is 0.353. The van der Waals surface area contributed by atoms with Crippen LogP contribution in [0.4, 0.5) is 0 Å². The maximum Gasteiger partial charge on any atom is -0.0320 e. The van der Waals surface area contributed by atoms with E-state index in [2.05, 4.69) is 38.2 Å². The fraction of sp³-hybridized carbons (Fsp3) is 0.714. The highest BCUT2D eigenvalue weighted by Crippen LogP contribution is 2.24. The Labute approximate surface area is 89.1 Å². The Kier molecular flexibility index (Phi) is 5.66. The Morgan fingerprint density at radius 2 is 1.64 bits per heavy atom. The summed E-state index contributed by atoms with van der Waals surface area (Å²) in [6.45, 7) is 4.71. The average Bonchev–Trinajstić information content (AvgIpc) is 2.24. The fourth-order valence-corrected chi connectivity index (χ4v) is 2.16. The van der Waals surface area contributed by atoms with Crippen molar-refractivity contribution in [2.24, 2.45) is 11.8 Å². The van der Waals surface area contributed by atoms with E-state index in [1.54, 1.807) is 0 Å². The summed E-state index contributed by atoms with van der Waals surface area (Å²) in [6, 6.07) is 0. The first-order valence-corrected chi connectivity index (χ1v) is 6.14. The standard InChI is InChI=1S/C14H24/c1-3-14-12-10-8-6-4-5-7-9-11-13(14)2/h7-10,13-14H,3-6,11-12H2,1-2H3. The second-order valence-electron chi connectivity index (χ2n) is 4.49. The molecule has 0 nitrogen and oxygen atoms in total. The SMILES string of the molecule is CCC1CC=CCCCC=CCC1C. The zero-order valence-corrected chi connectivity index (χ0v) is 9.71. The molecule has 0 N–H and O–H groups in total. The first kappa shape index (κ1) is 11.6. The molecule has 2 unspecified atom stereocenters. The molecule has 14 heavy (non-hydrogen) atoms. The van der Waals surface area contributed by atoms with Gasteiger partial charge in [0.1, 0.15) is 0 Å². The normalized spacial score (nSPS) is 29.9. The summed E-state index contributed by atoms with van der Waals surface area (Å²) < 4.78 is 0. The first-order valence-electron chi connectivity index (χ1n) is 6.14. The maximum absolute atomic E-state index is 2.40. The van der Waals surface area contributed by atoms with E-state index in [0.717, 1.165) is 11.8 Å². The molecule has 0 aromatic carbocycles. The van der Waals surface area contributed by atoms with Gasteiger partial charge in [0.25, 0.3) is 0 Å². The van der Waals surface area contributed by atoms with Crippen LogP contribution in [0.3, 0.4) is 0 Å². The van der Waals surface area contributed by atoms with Crippen molar-refractivity contribution < 1.29 is 0 Å². The van der Waals surface area contributed by atoms with Crippen molar-refractivity contribution in [3.63, 3.8) is 0 Å². The zero-order chi connectivity index (χ0) is 10.2. The number of hydrogen-bond acceptors (Lipinski definition) is 0. The van der Waals surface area contributed by atoms with Gasteiger partial charge in [0.2, 0.25) is 0 Å². The van der Waals surface area contributed by atoms with Crippen molar-refractivity contribution in [2.45, 2.75) is 52.4 Å². The van der Waals surface area contributed by atoms with E-state index in [4.69, 9.17) is 0 Å². The minimum atomic E-state index is 0.846. The van der Waals surface area contributed by atoms with Crippen molar-refractivity contribution >= 4 is 0 Å². The molecule has 0 saturated carbocycles.